The number of carbonyl (C=O) groups is 1. The number of benzene rings is 1. The summed E-state index contributed by atoms with van der Waals surface area (Å²) in [5, 5.41) is 3.04. The number of fused-ring (bicyclic) bond motifs is 1. The number of hydrogen-bond acceptors (Lipinski definition) is 6. The molecule has 0 unspecified atom stereocenters. The van der Waals surface area contributed by atoms with Gasteiger partial charge in [-0.05, 0) is 6.07 Å². The summed E-state index contributed by atoms with van der Waals surface area (Å²) in [5.74, 6) is 3.39. The van der Waals surface area contributed by atoms with Gasteiger partial charge in [0, 0.05) is 17.9 Å². The van der Waals surface area contributed by atoms with Crippen molar-refractivity contribution < 1.29 is 14.3 Å². The second-order valence-corrected chi connectivity index (χ2v) is 6.48. The lowest BCUT2D eigenvalue weighted by Crippen LogP contribution is -2.31. The second kappa shape index (κ2) is 7.54. The zero-order valence-electron chi connectivity index (χ0n) is 14.3. The van der Waals surface area contributed by atoms with Gasteiger partial charge in [-0.3, -0.25) is 9.59 Å². The fraction of sp³-hybridized carbons (Fsp3) is 0.278. The monoisotopic (exact) mass is 371 g/mol. The van der Waals surface area contributed by atoms with E-state index in [0.29, 0.717) is 33.5 Å². The van der Waals surface area contributed by atoms with E-state index in [1.807, 2.05) is 6.07 Å². The van der Waals surface area contributed by atoms with Crippen molar-refractivity contribution in [2.24, 2.45) is 0 Å². The highest BCUT2D eigenvalue weighted by molar-refractivity contribution is 7.99. The molecule has 1 atom stereocenters. The fourth-order valence-electron chi connectivity index (χ4n) is 2.98. The molecule has 3 rings (SSSR count). The lowest BCUT2D eigenvalue weighted by Gasteiger charge is -2.26. The first kappa shape index (κ1) is 17.9. The molecule has 1 aromatic carbocycles. The summed E-state index contributed by atoms with van der Waals surface area (Å²) < 4.78 is 10.8. The number of anilines is 1. The van der Waals surface area contributed by atoms with Crippen LogP contribution in [0.2, 0.25) is 0 Å². The molecule has 2 heterocycles. The summed E-state index contributed by atoms with van der Waals surface area (Å²) in [7, 11) is 3.06. The highest BCUT2D eigenvalue weighted by atomic mass is 32.2. The highest BCUT2D eigenvalue weighted by Gasteiger charge is 2.33. The maximum absolute atomic E-state index is 12.7. The van der Waals surface area contributed by atoms with E-state index >= 15 is 0 Å². The van der Waals surface area contributed by atoms with E-state index in [4.69, 9.17) is 15.9 Å². The van der Waals surface area contributed by atoms with E-state index in [9.17, 15) is 9.59 Å². The van der Waals surface area contributed by atoms with Gasteiger partial charge in [0.05, 0.1) is 25.5 Å². The number of nitrogens with zero attached hydrogens (tertiary/aromatic N) is 1. The first-order chi connectivity index (χ1) is 12.6. The molecule has 0 fully saturated rings. The molecule has 0 bridgehead atoms. The van der Waals surface area contributed by atoms with Crippen LogP contribution in [0.15, 0.2) is 28.2 Å². The van der Waals surface area contributed by atoms with Crippen molar-refractivity contribution in [2.75, 3.05) is 25.3 Å². The predicted octanol–water partition coefficient (Wildman–Crippen LogP) is 1.99. The van der Waals surface area contributed by atoms with E-state index in [-0.39, 0.29) is 23.7 Å². The number of H-pyrrole nitrogens is 1. The number of aromatic nitrogens is 2. The highest BCUT2D eigenvalue weighted by Crippen LogP contribution is 2.42. The number of amides is 1. The smallest absolute Gasteiger partial charge is 0.257 e. The van der Waals surface area contributed by atoms with Crippen LogP contribution in [0.1, 0.15) is 23.5 Å². The Bertz CT molecular complexity index is 948. The van der Waals surface area contributed by atoms with Crippen molar-refractivity contribution in [1.29, 1.82) is 0 Å². The largest absolute Gasteiger partial charge is 0.493 e. The zero-order valence-corrected chi connectivity index (χ0v) is 15.1. The fourth-order valence-corrected chi connectivity index (χ4v) is 3.52. The molecular formula is C18H17N3O4S. The van der Waals surface area contributed by atoms with Gasteiger partial charge in [-0.2, -0.15) is 0 Å². The van der Waals surface area contributed by atoms with E-state index in [0.717, 1.165) is 0 Å². The standard InChI is InChI=1S/C18H17N3O4S/c1-4-8-26-18-20-16-14(17(23)21-18)11(9-13(22)19-16)10-6-5-7-12(24-2)15(10)25-3/h1,5-7,11H,8-9H2,2-3H3,(H2,19,20,21,22,23)/t11-/m0/s1. The van der Waals surface area contributed by atoms with Crippen molar-refractivity contribution in [2.45, 2.75) is 17.5 Å². The third-order valence-electron chi connectivity index (χ3n) is 4.03. The Morgan fingerprint density at radius 3 is 2.85 bits per heavy atom. The third-order valence-corrected chi connectivity index (χ3v) is 4.81. The number of para-hydroxylation sites is 1. The molecule has 0 spiro atoms. The number of methoxy groups -OCH3 is 2. The van der Waals surface area contributed by atoms with E-state index < -0.39 is 5.92 Å². The number of hydrogen-bond donors (Lipinski definition) is 2. The molecule has 0 radical (unpaired) electrons. The Hall–Kier alpha value is -2.92. The molecular weight excluding hydrogens is 354 g/mol. The lowest BCUT2D eigenvalue weighted by atomic mass is 9.86. The molecule has 2 aromatic rings. The van der Waals surface area contributed by atoms with Gasteiger partial charge in [-0.25, -0.2) is 4.98 Å². The first-order valence-electron chi connectivity index (χ1n) is 7.80. The van der Waals surface area contributed by atoms with Gasteiger partial charge in [-0.1, -0.05) is 29.8 Å². The van der Waals surface area contributed by atoms with Crippen LogP contribution in [0.5, 0.6) is 11.5 Å². The maximum atomic E-state index is 12.7. The number of rotatable bonds is 5. The van der Waals surface area contributed by atoms with Crippen molar-refractivity contribution in [3.05, 3.63) is 39.7 Å². The van der Waals surface area contributed by atoms with Crippen LogP contribution in [0.3, 0.4) is 0 Å². The Morgan fingerprint density at radius 1 is 1.35 bits per heavy atom. The van der Waals surface area contributed by atoms with Crippen LogP contribution in [0, 0.1) is 12.3 Å². The second-order valence-electron chi connectivity index (χ2n) is 5.51. The van der Waals surface area contributed by atoms with Gasteiger partial charge in [0.1, 0.15) is 5.82 Å². The Kier molecular flexibility index (Phi) is 5.19. The van der Waals surface area contributed by atoms with Crippen LogP contribution in [0.25, 0.3) is 0 Å². The molecule has 134 valence electrons. The lowest BCUT2D eigenvalue weighted by molar-refractivity contribution is -0.116. The minimum absolute atomic E-state index is 0.109. The molecule has 1 aliphatic rings. The number of terminal acetylenes is 1. The van der Waals surface area contributed by atoms with Gasteiger partial charge in [0.25, 0.3) is 5.56 Å². The van der Waals surface area contributed by atoms with Crippen molar-refractivity contribution in [3.63, 3.8) is 0 Å². The molecule has 1 aliphatic heterocycles. The molecule has 8 heteroatoms. The van der Waals surface area contributed by atoms with Gasteiger partial charge in [-0.15, -0.1) is 6.42 Å². The molecule has 1 aromatic heterocycles. The Morgan fingerprint density at radius 2 is 2.15 bits per heavy atom. The first-order valence-corrected chi connectivity index (χ1v) is 8.78. The Labute approximate surface area is 154 Å². The van der Waals surface area contributed by atoms with Gasteiger partial charge in [0.15, 0.2) is 16.7 Å². The van der Waals surface area contributed by atoms with Crippen molar-refractivity contribution >= 4 is 23.5 Å². The number of thioether (sulfide) groups is 1. The molecule has 1 amide bonds. The zero-order chi connectivity index (χ0) is 18.7. The summed E-state index contributed by atoms with van der Waals surface area (Å²) in [6.45, 7) is 0. The van der Waals surface area contributed by atoms with Crippen molar-refractivity contribution in [1.82, 2.24) is 9.97 Å². The van der Waals surface area contributed by atoms with Gasteiger partial charge < -0.3 is 19.8 Å². The van der Waals surface area contributed by atoms with E-state index in [1.54, 1.807) is 12.1 Å². The summed E-state index contributed by atoms with van der Waals surface area (Å²) in [4.78, 5) is 32.0. The topological polar surface area (TPSA) is 93.3 Å². The number of aromatic amines is 1. The molecule has 0 saturated heterocycles. The molecule has 0 aliphatic carbocycles. The minimum Gasteiger partial charge on any atom is -0.493 e. The molecule has 26 heavy (non-hydrogen) atoms. The molecule has 0 saturated carbocycles. The van der Waals surface area contributed by atoms with Crippen LogP contribution >= 0.6 is 11.8 Å². The maximum Gasteiger partial charge on any atom is 0.257 e. The number of ether oxygens (including phenoxy) is 2. The summed E-state index contributed by atoms with van der Waals surface area (Å²) in [6.07, 6.45) is 5.35. The molecule has 2 N–H and O–H groups in total. The van der Waals surface area contributed by atoms with Crippen LogP contribution in [-0.4, -0.2) is 35.8 Å². The van der Waals surface area contributed by atoms with Gasteiger partial charge in [0.2, 0.25) is 5.91 Å². The molecule has 7 nitrogen and oxygen atoms in total. The average Bonchev–Trinajstić information content (AvgIpc) is 2.64. The SMILES string of the molecule is C#CCSc1nc2c(c(=O)[nH]1)[C@H](c1cccc(OC)c1OC)CC(=O)N2. The minimum atomic E-state index is -0.494. The third kappa shape index (κ3) is 3.26. The van der Waals surface area contributed by atoms with Gasteiger partial charge >= 0.3 is 0 Å². The quantitative estimate of drug-likeness (QED) is 0.474. The van der Waals surface area contributed by atoms with Crippen molar-refractivity contribution in [3.8, 4) is 23.8 Å². The Balaban J connectivity index is 2.15. The number of nitrogens with one attached hydrogen (secondary N) is 2. The van der Waals surface area contributed by atoms with Crippen LogP contribution in [-0.2, 0) is 4.79 Å². The van der Waals surface area contributed by atoms with E-state index in [2.05, 4.69) is 21.2 Å². The summed E-state index contributed by atoms with van der Waals surface area (Å²) in [6, 6.07) is 5.37. The number of carbonyl (C=O) groups excluding carboxylic acids is 1. The predicted molar refractivity (Wildman–Crippen MR) is 99.1 cm³/mol. The normalized spacial score (nSPS) is 15.6. The van der Waals surface area contributed by atoms with Crippen LogP contribution in [0.4, 0.5) is 5.82 Å². The summed E-state index contributed by atoms with van der Waals surface area (Å²) in [5.41, 5.74) is 0.768. The summed E-state index contributed by atoms with van der Waals surface area (Å²) >= 11 is 1.22. The van der Waals surface area contributed by atoms with Crippen LogP contribution < -0.4 is 20.3 Å². The van der Waals surface area contributed by atoms with E-state index in [1.165, 1.54) is 26.0 Å². The average molecular weight is 371 g/mol.